The van der Waals surface area contributed by atoms with E-state index in [9.17, 15) is 9.59 Å². The van der Waals surface area contributed by atoms with Crippen LogP contribution < -0.4 is 10.6 Å². The van der Waals surface area contributed by atoms with E-state index in [1.165, 1.54) is 12.8 Å². The van der Waals surface area contributed by atoms with E-state index in [0.29, 0.717) is 13.0 Å². The van der Waals surface area contributed by atoms with Crippen LogP contribution in [-0.2, 0) is 9.59 Å². The van der Waals surface area contributed by atoms with E-state index in [1.54, 1.807) is 7.05 Å². The summed E-state index contributed by atoms with van der Waals surface area (Å²) in [7, 11) is 1.62. The van der Waals surface area contributed by atoms with Crippen LogP contribution >= 0.6 is 0 Å². The number of carbonyl (C=O) groups excluding carboxylic acids is 2. The summed E-state index contributed by atoms with van der Waals surface area (Å²) in [6, 6.07) is -0.201. The third-order valence-corrected chi connectivity index (χ3v) is 3.37. The first-order valence-electron chi connectivity index (χ1n) is 6.88. The lowest BCUT2D eigenvalue weighted by Crippen LogP contribution is -2.46. The van der Waals surface area contributed by atoms with Crippen molar-refractivity contribution in [1.82, 2.24) is 15.5 Å². The van der Waals surface area contributed by atoms with Crippen LogP contribution in [0.3, 0.4) is 0 Å². The Morgan fingerprint density at radius 1 is 1.17 bits per heavy atom. The monoisotopic (exact) mass is 255 g/mol. The molecular formula is C13H25N3O2. The molecule has 0 radical (unpaired) electrons. The molecule has 104 valence electrons. The van der Waals surface area contributed by atoms with E-state index in [4.69, 9.17) is 0 Å². The Labute approximate surface area is 109 Å². The minimum absolute atomic E-state index is 0.00285. The Bertz CT molecular complexity index is 273. The quantitative estimate of drug-likeness (QED) is 0.752. The molecule has 0 saturated carbocycles. The second-order valence-corrected chi connectivity index (χ2v) is 4.84. The molecule has 0 aromatic carbocycles. The Balaban J connectivity index is 2.28. The lowest BCUT2D eigenvalue weighted by atomic mass is 10.2. The highest BCUT2D eigenvalue weighted by Crippen LogP contribution is 2.10. The van der Waals surface area contributed by atoms with Gasteiger partial charge in [-0.1, -0.05) is 12.8 Å². The van der Waals surface area contributed by atoms with E-state index in [2.05, 4.69) is 10.6 Å². The molecule has 0 aliphatic carbocycles. The second kappa shape index (κ2) is 8.08. The maximum absolute atomic E-state index is 12.2. The molecule has 1 aliphatic rings. The predicted octanol–water partition coefficient (Wildman–Crippen LogP) is 0.503. The highest BCUT2D eigenvalue weighted by atomic mass is 16.2. The zero-order valence-corrected chi connectivity index (χ0v) is 11.5. The molecule has 0 bridgehead atoms. The van der Waals surface area contributed by atoms with Crippen molar-refractivity contribution in [3.05, 3.63) is 0 Å². The number of hydrogen-bond acceptors (Lipinski definition) is 3. The van der Waals surface area contributed by atoms with Crippen LogP contribution in [0.25, 0.3) is 0 Å². The Hall–Kier alpha value is -1.10. The topological polar surface area (TPSA) is 61.4 Å². The first-order valence-corrected chi connectivity index (χ1v) is 6.88. The molecule has 1 rings (SSSR count). The number of nitrogens with one attached hydrogen (secondary N) is 2. The molecule has 2 amide bonds. The van der Waals surface area contributed by atoms with E-state index in [1.807, 2.05) is 11.8 Å². The molecule has 2 N–H and O–H groups in total. The summed E-state index contributed by atoms with van der Waals surface area (Å²) < 4.78 is 0. The highest BCUT2D eigenvalue weighted by Gasteiger charge is 2.20. The zero-order chi connectivity index (χ0) is 13.4. The van der Waals surface area contributed by atoms with Crippen molar-refractivity contribution in [2.45, 2.75) is 45.1 Å². The summed E-state index contributed by atoms with van der Waals surface area (Å²) in [4.78, 5) is 25.2. The number of likely N-dealkylation sites (tertiary alicyclic amines) is 1. The molecule has 1 fully saturated rings. The SMILES string of the molecule is CNC(=O)CCNC(C)C(=O)N1CCCCCC1. The van der Waals surface area contributed by atoms with Gasteiger partial charge in [0.15, 0.2) is 0 Å². The van der Waals surface area contributed by atoms with Gasteiger partial charge in [0.05, 0.1) is 6.04 Å². The predicted molar refractivity (Wildman–Crippen MR) is 71.2 cm³/mol. The van der Waals surface area contributed by atoms with Gasteiger partial charge in [0, 0.05) is 33.1 Å². The zero-order valence-electron chi connectivity index (χ0n) is 11.5. The van der Waals surface area contributed by atoms with Gasteiger partial charge in [-0.15, -0.1) is 0 Å². The standard InChI is InChI=1S/C13H25N3O2/c1-11(15-8-7-12(17)14-2)13(18)16-9-5-3-4-6-10-16/h11,15H,3-10H2,1-2H3,(H,14,17). The fourth-order valence-corrected chi connectivity index (χ4v) is 2.18. The van der Waals surface area contributed by atoms with Crippen molar-refractivity contribution >= 4 is 11.8 Å². The summed E-state index contributed by atoms with van der Waals surface area (Å²) in [5.74, 6) is 0.158. The smallest absolute Gasteiger partial charge is 0.239 e. The molecule has 5 heteroatoms. The van der Waals surface area contributed by atoms with E-state index in [0.717, 1.165) is 25.9 Å². The largest absolute Gasteiger partial charge is 0.359 e. The van der Waals surface area contributed by atoms with Crippen LogP contribution in [0.4, 0.5) is 0 Å². The third-order valence-electron chi connectivity index (χ3n) is 3.37. The summed E-state index contributed by atoms with van der Waals surface area (Å²) in [5, 5.41) is 5.68. The van der Waals surface area contributed by atoms with Crippen LogP contribution in [0, 0.1) is 0 Å². The van der Waals surface area contributed by atoms with Crippen LogP contribution in [0.15, 0.2) is 0 Å². The number of hydrogen-bond donors (Lipinski definition) is 2. The van der Waals surface area contributed by atoms with Crippen LogP contribution in [0.1, 0.15) is 39.0 Å². The Kier molecular flexibility index (Phi) is 6.72. The summed E-state index contributed by atoms with van der Waals surface area (Å²) >= 11 is 0. The molecule has 0 aromatic rings. The van der Waals surface area contributed by atoms with Crippen molar-refractivity contribution < 1.29 is 9.59 Å². The maximum Gasteiger partial charge on any atom is 0.239 e. The van der Waals surface area contributed by atoms with Gasteiger partial charge < -0.3 is 15.5 Å². The first kappa shape index (κ1) is 15.0. The lowest BCUT2D eigenvalue weighted by Gasteiger charge is -2.24. The van der Waals surface area contributed by atoms with E-state index >= 15 is 0 Å². The van der Waals surface area contributed by atoms with Gasteiger partial charge in [0.1, 0.15) is 0 Å². The summed E-state index contributed by atoms with van der Waals surface area (Å²) in [5.41, 5.74) is 0. The molecular weight excluding hydrogens is 230 g/mol. The third kappa shape index (κ3) is 5.04. The molecule has 1 heterocycles. The van der Waals surface area contributed by atoms with E-state index < -0.39 is 0 Å². The van der Waals surface area contributed by atoms with Crippen molar-refractivity contribution in [2.75, 3.05) is 26.7 Å². The average molecular weight is 255 g/mol. The molecule has 18 heavy (non-hydrogen) atoms. The van der Waals surface area contributed by atoms with Crippen molar-refractivity contribution in [3.8, 4) is 0 Å². The number of amides is 2. The van der Waals surface area contributed by atoms with Crippen LogP contribution in [-0.4, -0.2) is 49.4 Å². The second-order valence-electron chi connectivity index (χ2n) is 4.84. The van der Waals surface area contributed by atoms with Gasteiger partial charge in [-0.05, 0) is 19.8 Å². The molecule has 0 aromatic heterocycles. The Morgan fingerprint density at radius 2 is 1.78 bits per heavy atom. The fourth-order valence-electron chi connectivity index (χ4n) is 2.18. The minimum Gasteiger partial charge on any atom is -0.359 e. The van der Waals surface area contributed by atoms with Gasteiger partial charge >= 0.3 is 0 Å². The molecule has 1 atom stereocenters. The number of nitrogens with zero attached hydrogens (tertiary/aromatic N) is 1. The van der Waals surface area contributed by atoms with Gasteiger partial charge in [-0.3, -0.25) is 9.59 Å². The normalized spacial score (nSPS) is 18.0. The van der Waals surface area contributed by atoms with Gasteiger partial charge in [0.25, 0.3) is 0 Å². The van der Waals surface area contributed by atoms with Crippen molar-refractivity contribution in [2.24, 2.45) is 0 Å². The van der Waals surface area contributed by atoms with Gasteiger partial charge in [-0.25, -0.2) is 0 Å². The van der Waals surface area contributed by atoms with E-state index in [-0.39, 0.29) is 17.9 Å². The highest BCUT2D eigenvalue weighted by molar-refractivity contribution is 5.81. The Morgan fingerprint density at radius 3 is 2.33 bits per heavy atom. The maximum atomic E-state index is 12.2. The molecule has 1 aliphatic heterocycles. The number of carbonyl (C=O) groups is 2. The summed E-state index contributed by atoms with van der Waals surface area (Å²) in [6.45, 7) is 4.16. The summed E-state index contributed by atoms with van der Waals surface area (Å²) in [6.07, 6.45) is 5.08. The van der Waals surface area contributed by atoms with Gasteiger partial charge in [0.2, 0.25) is 11.8 Å². The first-order chi connectivity index (χ1) is 8.65. The molecule has 5 nitrogen and oxygen atoms in total. The van der Waals surface area contributed by atoms with Crippen LogP contribution in [0.2, 0.25) is 0 Å². The molecule has 0 spiro atoms. The van der Waals surface area contributed by atoms with Crippen molar-refractivity contribution in [1.29, 1.82) is 0 Å². The van der Waals surface area contributed by atoms with Gasteiger partial charge in [-0.2, -0.15) is 0 Å². The minimum atomic E-state index is -0.201. The van der Waals surface area contributed by atoms with Crippen molar-refractivity contribution in [3.63, 3.8) is 0 Å². The number of rotatable bonds is 5. The molecule has 1 unspecified atom stereocenters. The molecule has 1 saturated heterocycles. The fraction of sp³-hybridized carbons (Fsp3) is 0.846. The average Bonchev–Trinajstić information content (AvgIpc) is 2.66. The van der Waals surface area contributed by atoms with Crippen LogP contribution in [0.5, 0.6) is 0 Å². The lowest BCUT2D eigenvalue weighted by molar-refractivity contribution is -0.133.